The van der Waals surface area contributed by atoms with Gasteiger partial charge in [0.15, 0.2) is 0 Å². The summed E-state index contributed by atoms with van der Waals surface area (Å²) in [4.78, 5) is 0. The van der Waals surface area contributed by atoms with Crippen molar-refractivity contribution in [2.75, 3.05) is 13.7 Å². The molecule has 4 heteroatoms. The predicted octanol–water partition coefficient (Wildman–Crippen LogP) is 1.51. The lowest BCUT2D eigenvalue weighted by Crippen LogP contribution is -2.15. The summed E-state index contributed by atoms with van der Waals surface area (Å²) in [6.45, 7) is 0.669. The van der Waals surface area contributed by atoms with E-state index in [1.807, 2.05) is 24.3 Å². The van der Waals surface area contributed by atoms with Crippen LogP contribution in [0.25, 0.3) is 0 Å². The number of aliphatic hydroxyl groups excluding tert-OH is 1. The normalized spacial score (nSPS) is 24.7. The lowest BCUT2D eigenvalue weighted by Gasteiger charge is -2.14. The first-order valence-electron chi connectivity index (χ1n) is 4.85. The third kappa shape index (κ3) is 2.62. The average Bonchev–Trinajstić information content (AvgIpc) is 2.65. The molecule has 2 atom stereocenters. The van der Waals surface area contributed by atoms with E-state index in [0.717, 1.165) is 17.7 Å². The zero-order valence-corrected chi connectivity index (χ0v) is 9.46. The number of ether oxygens (including phenoxy) is 1. The van der Waals surface area contributed by atoms with E-state index in [-0.39, 0.29) is 24.6 Å². The van der Waals surface area contributed by atoms with E-state index < -0.39 is 0 Å². The third-order valence-corrected chi connectivity index (χ3v) is 2.62. The molecule has 0 radical (unpaired) electrons. The number of β-amino-alcohol motifs (C(OH)–C–C–N with tert-alkyl or cyclic N) is 1. The number of aliphatic hydroxyl groups is 1. The van der Waals surface area contributed by atoms with Crippen LogP contribution in [0.3, 0.4) is 0 Å². The number of hydrogen-bond donors (Lipinski definition) is 2. The maximum absolute atomic E-state index is 9.42. The lowest BCUT2D eigenvalue weighted by molar-refractivity contribution is 0.193. The molecule has 0 spiro atoms. The van der Waals surface area contributed by atoms with E-state index in [1.54, 1.807) is 7.11 Å². The first-order valence-corrected chi connectivity index (χ1v) is 4.85. The monoisotopic (exact) mass is 229 g/mol. The van der Waals surface area contributed by atoms with Crippen molar-refractivity contribution in [2.24, 2.45) is 0 Å². The van der Waals surface area contributed by atoms with Crippen molar-refractivity contribution in [2.45, 2.75) is 18.6 Å². The Labute approximate surface area is 95.9 Å². The minimum Gasteiger partial charge on any atom is -0.496 e. The van der Waals surface area contributed by atoms with Crippen molar-refractivity contribution in [3.8, 4) is 5.75 Å². The Morgan fingerprint density at radius 3 is 2.73 bits per heavy atom. The Hall–Kier alpha value is -0.770. The van der Waals surface area contributed by atoms with Crippen molar-refractivity contribution < 1.29 is 9.84 Å². The third-order valence-electron chi connectivity index (χ3n) is 2.62. The van der Waals surface area contributed by atoms with Crippen LogP contribution in [0.15, 0.2) is 24.3 Å². The van der Waals surface area contributed by atoms with E-state index in [9.17, 15) is 5.11 Å². The Morgan fingerprint density at radius 1 is 1.40 bits per heavy atom. The van der Waals surface area contributed by atoms with Crippen LogP contribution in [0.5, 0.6) is 5.75 Å². The lowest BCUT2D eigenvalue weighted by atomic mass is 10.0. The van der Waals surface area contributed by atoms with Crippen molar-refractivity contribution in [1.29, 1.82) is 0 Å². The zero-order chi connectivity index (χ0) is 9.97. The second-order valence-corrected chi connectivity index (χ2v) is 3.59. The first-order chi connectivity index (χ1) is 6.81. The van der Waals surface area contributed by atoms with E-state index >= 15 is 0 Å². The molecule has 1 aromatic carbocycles. The summed E-state index contributed by atoms with van der Waals surface area (Å²) >= 11 is 0. The average molecular weight is 230 g/mol. The highest BCUT2D eigenvalue weighted by Crippen LogP contribution is 2.30. The highest BCUT2D eigenvalue weighted by Gasteiger charge is 2.25. The van der Waals surface area contributed by atoms with Crippen LogP contribution in [-0.4, -0.2) is 24.9 Å². The summed E-state index contributed by atoms with van der Waals surface area (Å²) in [5, 5.41) is 12.7. The Kier molecular flexibility index (Phi) is 4.39. The van der Waals surface area contributed by atoms with Crippen LogP contribution in [0.1, 0.15) is 18.0 Å². The van der Waals surface area contributed by atoms with Crippen molar-refractivity contribution in [1.82, 2.24) is 5.32 Å². The van der Waals surface area contributed by atoms with Gasteiger partial charge in [0.2, 0.25) is 0 Å². The first kappa shape index (κ1) is 12.3. The molecule has 0 aromatic heterocycles. The molecule has 0 saturated carbocycles. The van der Waals surface area contributed by atoms with Crippen LogP contribution in [0.4, 0.5) is 0 Å². The topological polar surface area (TPSA) is 41.5 Å². The molecule has 1 aliphatic heterocycles. The fourth-order valence-corrected chi connectivity index (χ4v) is 1.91. The number of para-hydroxylation sites is 1. The quantitative estimate of drug-likeness (QED) is 0.808. The maximum Gasteiger partial charge on any atom is 0.123 e. The molecule has 1 fully saturated rings. The zero-order valence-electron chi connectivity index (χ0n) is 8.64. The van der Waals surface area contributed by atoms with Gasteiger partial charge in [0, 0.05) is 18.2 Å². The summed E-state index contributed by atoms with van der Waals surface area (Å²) in [5.74, 6) is 0.888. The minimum absolute atomic E-state index is 0. The molecule has 1 aromatic rings. The minimum atomic E-state index is -0.232. The molecule has 0 amide bonds. The van der Waals surface area contributed by atoms with Gasteiger partial charge in [-0.3, -0.25) is 0 Å². The molecule has 1 aliphatic rings. The van der Waals surface area contributed by atoms with Crippen LogP contribution >= 0.6 is 12.4 Å². The highest BCUT2D eigenvalue weighted by atomic mass is 35.5. The van der Waals surface area contributed by atoms with E-state index in [1.165, 1.54) is 0 Å². The van der Waals surface area contributed by atoms with E-state index in [0.29, 0.717) is 6.54 Å². The van der Waals surface area contributed by atoms with Gasteiger partial charge in [-0.2, -0.15) is 0 Å². The molecule has 84 valence electrons. The summed E-state index contributed by atoms with van der Waals surface area (Å²) < 4.78 is 5.27. The van der Waals surface area contributed by atoms with Gasteiger partial charge >= 0.3 is 0 Å². The molecule has 2 N–H and O–H groups in total. The van der Waals surface area contributed by atoms with E-state index in [4.69, 9.17) is 4.74 Å². The number of methoxy groups -OCH3 is 1. The van der Waals surface area contributed by atoms with Crippen LogP contribution in [0.2, 0.25) is 0 Å². The molecule has 0 bridgehead atoms. The molecule has 2 unspecified atom stereocenters. The summed E-state index contributed by atoms with van der Waals surface area (Å²) in [5.41, 5.74) is 1.13. The maximum atomic E-state index is 9.42. The SMILES string of the molecule is COc1ccccc1C1CC(O)CN1.Cl. The molecule has 0 aliphatic carbocycles. The molecular formula is C11H16ClNO2. The molecule has 3 nitrogen and oxygen atoms in total. The van der Waals surface area contributed by atoms with Crippen LogP contribution in [0, 0.1) is 0 Å². The number of rotatable bonds is 2. The number of nitrogens with one attached hydrogen (secondary N) is 1. The highest BCUT2D eigenvalue weighted by molar-refractivity contribution is 5.85. The molecular weight excluding hydrogens is 214 g/mol. The fourth-order valence-electron chi connectivity index (χ4n) is 1.91. The van der Waals surface area contributed by atoms with Crippen LogP contribution in [-0.2, 0) is 0 Å². The van der Waals surface area contributed by atoms with Gasteiger partial charge < -0.3 is 15.2 Å². The molecule has 15 heavy (non-hydrogen) atoms. The number of benzene rings is 1. The van der Waals surface area contributed by atoms with E-state index in [2.05, 4.69) is 5.32 Å². The molecule has 1 heterocycles. The van der Waals surface area contributed by atoms with Gasteiger partial charge in [0.1, 0.15) is 5.75 Å². The summed E-state index contributed by atoms with van der Waals surface area (Å²) in [6.07, 6.45) is 0.533. The Morgan fingerprint density at radius 2 is 2.13 bits per heavy atom. The van der Waals surface area contributed by atoms with Gasteiger partial charge in [-0.1, -0.05) is 18.2 Å². The molecule has 1 saturated heterocycles. The fraction of sp³-hybridized carbons (Fsp3) is 0.455. The number of hydrogen-bond acceptors (Lipinski definition) is 3. The predicted molar refractivity (Wildman–Crippen MR) is 61.6 cm³/mol. The second-order valence-electron chi connectivity index (χ2n) is 3.59. The summed E-state index contributed by atoms with van der Waals surface area (Å²) in [7, 11) is 1.67. The van der Waals surface area contributed by atoms with Gasteiger partial charge in [0.05, 0.1) is 13.2 Å². The van der Waals surface area contributed by atoms with Crippen LogP contribution < -0.4 is 10.1 Å². The Balaban J connectivity index is 0.00000112. The second kappa shape index (κ2) is 5.35. The van der Waals surface area contributed by atoms with Gasteiger partial charge in [-0.05, 0) is 12.5 Å². The standard InChI is InChI=1S/C11H15NO2.ClH/c1-14-11-5-3-2-4-9(11)10-6-8(13)7-12-10;/h2-5,8,10,12-13H,6-7H2,1H3;1H. The Bertz CT molecular complexity index is 319. The summed E-state index contributed by atoms with van der Waals surface area (Å²) in [6, 6.07) is 8.15. The number of halogens is 1. The largest absolute Gasteiger partial charge is 0.496 e. The smallest absolute Gasteiger partial charge is 0.123 e. The molecule has 2 rings (SSSR count). The van der Waals surface area contributed by atoms with Crippen molar-refractivity contribution in [3.05, 3.63) is 29.8 Å². The van der Waals surface area contributed by atoms with Gasteiger partial charge in [0.25, 0.3) is 0 Å². The van der Waals surface area contributed by atoms with Gasteiger partial charge in [-0.25, -0.2) is 0 Å². The van der Waals surface area contributed by atoms with Crippen molar-refractivity contribution in [3.63, 3.8) is 0 Å². The van der Waals surface area contributed by atoms with Crippen molar-refractivity contribution >= 4 is 12.4 Å². The van der Waals surface area contributed by atoms with Gasteiger partial charge in [-0.15, -0.1) is 12.4 Å².